The summed E-state index contributed by atoms with van der Waals surface area (Å²) in [7, 11) is 2.37. The topological polar surface area (TPSA) is 135 Å². The Hall–Kier alpha value is -4.58. The molecule has 0 bridgehead atoms. The summed E-state index contributed by atoms with van der Waals surface area (Å²) in [4.78, 5) is 39.2. The van der Waals surface area contributed by atoms with Crippen LogP contribution >= 0.6 is 0 Å². The lowest BCUT2D eigenvalue weighted by Gasteiger charge is -2.36. The highest BCUT2D eigenvalue weighted by atomic mass is 16.5. The molecule has 0 spiro atoms. The number of methoxy groups -OCH3 is 2. The van der Waals surface area contributed by atoms with Crippen molar-refractivity contribution in [2.75, 3.05) is 24.4 Å². The van der Waals surface area contributed by atoms with E-state index in [4.69, 9.17) is 15.2 Å². The first-order valence-corrected chi connectivity index (χ1v) is 10.3. The molecule has 0 aliphatic carbocycles. The van der Waals surface area contributed by atoms with Gasteiger partial charge in [0.2, 0.25) is 5.91 Å². The maximum atomic E-state index is 13.1. The molecule has 1 unspecified atom stereocenters. The second kappa shape index (κ2) is 9.92. The summed E-state index contributed by atoms with van der Waals surface area (Å²) < 4.78 is 10.0. The molecule has 34 heavy (non-hydrogen) atoms. The highest BCUT2D eigenvalue weighted by Crippen LogP contribution is 2.44. The molecule has 1 amide bonds. The molecule has 1 atom stereocenters. The molecule has 3 N–H and O–H groups in total. The summed E-state index contributed by atoms with van der Waals surface area (Å²) in [5.41, 5.74) is 8.29. The van der Waals surface area contributed by atoms with Gasteiger partial charge in [-0.2, -0.15) is 5.26 Å². The summed E-state index contributed by atoms with van der Waals surface area (Å²) in [6.07, 6.45) is 0. The number of esters is 2. The number of nitrogens with two attached hydrogens (primary N) is 1. The van der Waals surface area contributed by atoms with Crippen molar-refractivity contribution in [1.82, 2.24) is 0 Å². The van der Waals surface area contributed by atoms with Gasteiger partial charge in [-0.05, 0) is 30.2 Å². The molecule has 1 aliphatic rings. The van der Waals surface area contributed by atoms with E-state index in [1.165, 1.54) is 26.0 Å². The van der Waals surface area contributed by atoms with Gasteiger partial charge in [-0.15, -0.1) is 0 Å². The second-order valence-electron chi connectivity index (χ2n) is 7.47. The van der Waals surface area contributed by atoms with Crippen molar-refractivity contribution in [3.8, 4) is 6.07 Å². The third-order valence-corrected chi connectivity index (χ3v) is 5.47. The van der Waals surface area contributed by atoms with Crippen LogP contribution in [-0.2, 0) is 23.9 Å². The molecule has 174 valence electrons. The average Bonchev–Trinajstić information content (AvgIpc) is 2.84. The van der Waals surface area contributed by atoms with Gasteiger partial charge in [0.15, 0.2) is 0 Å². The van der Waals surface area contributed by atoms with E-state index in [9.17, 15) is 19.6 Å². The minimum atomic E-state index is -0.956. The van der Waals surface area contributed by atoms with Crippen LogP contribution in [-0.4, -0.2) is 32.1 Å². The Morgan fingerprint density at radius 2 is 1.68 bits per heavy atom. The van der Waals surface area contributed by atoms with Crippen LogP contribution in [0, 0.1) is 18.3 Å². The Bertz CT molecular complexity index is 1260. The largest absolute Gasteiger partial charge is 0.466 e. The fourth-order valence-corrected chi connectivity index (χ4v) is 3.95. The van der Waals surface area contributed by atoms with E-state index in [1.54, 1.807) is 55.5 Å². The minimum absolute atomic E-state index is 0.0486. The molecule has 0 aromatic heterocycles. The summed E-state index contributed by atoms with van der Waals surface area (Å²) in [5, 5.41) is 12.8. The predicted molar refractivity (Wildman–Crippen MR) is 125 cm³/mol. The first kappa shape index (κ1) is 24.1. The van der Waals surface area contributed by atoms with Crippen molar-refractivity contribution in [1.29, 1.82) is 5.26 Å². The molecule has 0 fully saturated rings. The number of benzene rings is 2. The zero-order valence-electron chi connectivity index (χ0n) is 19.2. The van der Waals surface area contributed by atoms with E-state index < -0.39 is 17.9 Å². The average molecular weight is 460 g/mol. The number of anilines is 2. The smallest absolute Gasteiger partial charge is 0.355 e. The Kier molecular flexibility index (Phi) is 7.02. The number of nitriles is 1. The molecule has 1 aliphatic heterocycles. The van der Waals surface area contributed by atoms with E-state index in [2.05, 4.69) is 11.4 Å². The summed E-state index contributed by atoms with van der Waals surface area (Å²) in [6, 6.07) is 15.8. The summed E-state index contributed by atoms with van der Waals surface area (Å²) >= 11 is 0. The molecular weight excluding hydrogens is 436 g/mol. The number of allylic oxidation sites excluding steroid dienone is 1. The quantitative estimate of drug-likeness (QED) is 0.651. The van der Waals surface area contributed by atoms with Crippen molar-refractivity contribution in [2.24, 2.45) is 5.73 Å². The normalized spacial score (nSPS) is 15.5. The zero-order chi connectivity index (χ0) is 25.0. The van der Waals surface area contributed by atoms with Crippen molar-refractivity contribution in [3.05, 3.63) is 82.3 Å². The Labute approximate surface area is 197 Å². The van der Waals surface area contributed by atoms with Gasteiger partial charge < -0.3 is 20.5 Å². The van der Waals surface area contributed by atoms with Crippen LogP contribution in [0.5, 0.6) is 0 Å². The van der Waals surface area contributed by atoms with Crippen molar-refractivity contribution < 1.29 is 23.9 Å². The summed E-state index contributed by atoms with van der Waals surface area (Å²) in [5.74, 6) is -2.95. The molecule has 0 saturated heterocycles. The highest BCUT2D eigenvalue weighted by Gasteiger charge is 2.43. The number of ether oxygens (including phenoxy) is 2. The van der Waals surface area contributed by atoms with E-state index in [-0.39, 0.29) is 28.6 Å². The van der Waals surface area contributed by atoms with Crippen molar-refractivity contribution in [3.63, 3.8) is 0 Å². The van der Waals surface area contributed by atoms with Gasteiger partial charge in [0.05, 0.1) is 43.0 Å². The fraction of sp³-hybridized carbons (Fsp3) is 0.200. The number of nitrogens with zero attached hydrogens (tertiary/aromatic N) is 2. The standard InChI is InChI=1S/C25H24N4O5/c1-14-18(28-15(2)30)11-8-12-19(14)29-22(25(32)34-4)21(24(31)33-3)20(17(13-26)23(29)27)16-9-6-5-7-10-16/h5-12,20H,27H2,1-4H3,(H,28,30). The molecule has 0 saturated carbocycles. The molecule has 3 rings (SSSR count). The molecule has 2 aromatic carbocycles. The lowest BCUT2D eigenvalue weighted by atomic mass is 9.80. The number of amides is 1. The van der Waals surface area contributed by atoms with Gasteiger partial charge in [0.1, 0.15) is 11.5 Å². The zero-order valence-corrected chi connectivity index (χ0v) is 19.2. The number of nitrogens with one attached hydrogen (secondary N) is 1. The van der Waals surface area contributed by atoms with Crippen LogP contribution in [0.2, 0.25) is 0 Å². The Morgan fingerprint density at radius 1 is 1.03 bits per heavy atom. The van der Waals surface area contributed by atoms with Crippen LogP contribution in [0.4, 0.5) is 11.4 Å². The number of carbonyl (C=O) groups is 3. The van der Waals surface area contributed by atoms with Crippen LogP contribution in [0.1, 0.15) is 24.0 Å². The van der Waals surface area contributed by atoms with E-state index in [1.807, 2.05) is 0 Å². The van der Waals surface area contributed by atoms with Gasteiger partial charge in [0.25, 0.3) is 0 Å². The van der Waals surface area contributed by atoms with E-state index >= 15 is 0 Å². The highest BCUT2D eigenvalue weighted by molar-refractivity contribution is 6.06. The Balaban J connectivity index is 2.42. The van der Waals surface area contributed by atoms with Crippen LogP contribution in [0.25, 0.3) is 0 Å². The van der Waals surface area contributed by atoms with E-state index in [0.717, 1.165) is 0 Å². The molecule has 2 aromatic rings. The minimum Gasteiger partial charge on any atom is -0.466 e. The third kappa shape index (κ3) is 4.21. The van der Waals surface area contributed by atoms with E-state index in [0.29, 0.717) is 22.5 Å². The lowest BCUT2D eigenvalue weighted by Crippen LogP contribution is -2.41. The van der Waals surface area contributed by atoms with Crippen molar-refractivity contribution >= 4 is 29.2 Å². The maximum Gasteiger partial charge on any atom is 0.355 e. The maximum absolute atomic E-state index is 13.1. The van der Waals surface area contributed by atoms with Gasteiger partial charge in [-0.3, -0.25) is 9.69 Å². The van der Waals surface area contributed by atoms with Gasteiger partial charge in [-0.1, -0.05) is 36.4 Å². The van der Waals surface area contributed by atoms with Crippen LogP contribution < -0.4 is 16.0 Å². The molecule has 9 heteroatoms. The lowest BCUT2D eigenvalue weighted by molar-refractivity contribution is -0.139. The van der Waals surface area contributed by atoms with Crippen LogP contribution in [0.15, 0.2) is 71.2 Å². The number of hydrogen-bond donors (Lipinski definition) is 2. The van der Waals surface area contributed by atoms with Gasteiger partial charge in [-0.25, -0.2) is 9.59 Å². The van der Waals surface area contributed by atoms with Gasteiger partial charge in [0, 0.05) is 12.6 Å². The predicted octanol–water partition coefficient (Wildman–Crippen LogP) is 2.85. The first-order valence-electron chi connectivity index (χ1n) is 10.3. The molecule has 9 nitrogen and oxygen atoms in total. The summed E-state index contributed by atoms with van der Waals surface area (Å²) in [6.45, 7) is 3.09. The Morgan fingerprint density at radius 3 is 2.24 bits per heavy atom. The number of carbonyl (C=O) groups excluding carboxylic acids is 3. The molecule has 1 heterocycles. The SMILES string of the molecule is COC(=O)C1=C(C(=O)OC)N(c2cccc(NC(C)=O)c2C)C(N)=C(C#N)C1c1ccccc1. The molecular formula is C25H24N4O5. The second-order valence-corrected chi connectivity index (χ2v) is 7.47. The monoisotopic (exact) mass is 460 g/mol. The number of hydrogen-bond acceptors (Lipinski definition) is 8. The van der Waals surface area contributed by atoms with Crippen LogP contribution in [0.3, 0.4) is 0 Å². The third-order valence-electron chi connectivity index (χ3n) is 5.47. The fourth-order valence-electron chi connectivity index (χ4n) is 3.95. The molecule has 0 radical (unpaired) electrons. The first-order chi connectivity index (χ1) is 16.3. The number of rotatable bonds is 5. The van der Waals surface area contributed by atoms with Gasteiger partial charge >= 0.3 is 11.9 Å². The van der Waals surface area contributed by atoms with Crippen molar-refractivity contribution in [2.45, 2.75) is 19.8 Å².